The first-order chi connectivity index (χ1) is 9.79. The Balaban J connectivity index is 2.02. The van der Waals surface area contributed by atoms with E-state index in [1.54, 1.807) is 30.5 Å². The molecule has 0 aliphatic heterocycles. The van der Waals surface area contributed by atoms with E-state index in [2.05, 4.69) is 27.1 Å². The van der Waals surface area contributed by atoms with Crippen LogP contribution in [0.15, 0.2) is 42.9 Å². The molecule has 0 fully saturated rings. The summed E-state index contributed by atoms with van der Waals surface area (Å²) >= 11 is 0. The summed E-state index contributed by atoms with van der Waals surface area (Å²) in [6.45, 7) is 0.657. The topological polar surface area (TPSA) is 80.9 Å². The van der Waals surface area contributed by atoms with Crippen molar-refractivity contribution in [2.45, 2.75) is 6.54 Å². The third-order valence-electron chi connectivity index (χ3n) is 2.53. The maximum atomic E-state index is 12.0. The predicted octanol–water partition coefficient (Wildman–Crippen LogP) is 0.717. The zero-order valence-electron chi connectivity index (χ0n) is 10.8. The summed E-state index contributed by atoms with van der Waals surface area (Å²) < 4.78 is 0. The molecular weight excluding hydrogens is 252 g/mol. The minimum absolute atomic E-state index is 0.167. The summed E-state index contributed by atoms with van der Waals surface area (Å²) in [5.41, 5.74) is 7.41. The van der Waals surface area contributed by atoms with Gasteiger partial charge in [-0.2, -0.15) is 0 Å². The zero-order valence-corrected chi connectivity index (χ0v) is 10.8. The highest BCUT2D eigenvalue weighted by molar-refractivity contribution is 5.94. The first-order valence-electron chi connectivity index (χ1n) is 6.11. The second kappa shape index (κ2) is 7.02. The molecule has 5 nitrogen and oxygen atoms in total. The lowest BCUT2D eigenvalue weighted by atomic mass is 10.1. The van der Waals surface area contributed by atoms with Crippen LogP contribution in [0.25, 0.3) is 0 Å². The molecule has 2 aromatic rings. The molecule has 0 bridgehead atoms. The zero-order chi connectivity index (χ0) is 14.2. The van der Waals surface area contributed by atoms with Crippen LogP contribution in [0.3, 0.4) is 0 Å². The van der Waals surface area contributed by atoms with Crippen molar-refractivity contribution in [2.75, 3.05) is 6.54 Å². The van der Waals surface area contributed by atoms with Crippen molar-refractivity contribution in [1.29, 1.82) is 0 Å². The fourth-order valence-corrected chi connectivity index (χ4v) is 1.59. The van der Waals surface area contributed by atoms with Gasteiger partial charge in [0.2, 0.25) is 0 Å². The van der Waals surface area contributed by atoms with Crippen LogP contribution in [0.4, 0.5) is 0 Å². The van der Waals surface area contributed by atoms with Crippen LogP contribution >= 0.6 is 0 Å². The smallest absolute Gasteiger partial charge is 0.251 e. The van der Waals surface area contributed by atoms with Gasteiger partial charge in [0, 0.05) is 17.3 Å². The normalized spacial score (nSPS) is 9.45. The number of rotatable bonds is 3. The minimum Gasteiger partial charge on any atom is -0.346 e. The molecule has 0 saturated heterocycles. The highest BCUT2D eigenvalue weighted by Crippen LogP contribution is 2.04. The number of aromatic nitrogens is 2. The minimum atomic E-state index is -0.167. The van der Waals surface area contributed by atoms with E-state index in [-0.39, 0.29) is 5.91 Å². The first kappa shape index (κ1) is 13.7. The lowest BCUT2D eigenvalue weighted by Crippen LogP contribution is -2.23. The first-order valence-corrected chi connectivity index (χ1v) is 6.11. The second-order valence-corrected chi connectivity index (χ2v) is 3.97. The Kier molecular flexibility index (Phi) is 4.81. The average molecular weight is 266 g/mol. The Morgan fingerprint density at radius 3 is 3.00 bits per heavy atom. The maximum absolute atomic E-state index is 12.0. The van der Waals surface area contributed by atoms with Crippen LogP contribution in [-0.2, 0) is 6.54 Å². The lowest BCUT2D eigenvalue weighted by molar-refractivity contribution is 0.0950. The molecule has 1 aromatic heterocycles. The van der Waals surface area contributed by atoms with Gasteiger partial charge in [-0.15, -0.1) is 0 Å². The molecular formula is C15H14N4O. The van der Waals surface area contributed by atoms with E-state index in [0.717, 1.165) is 11.3 Å². The third-order valence-corrected chi connectivity index (χ3v) is 2.53. The van der Waals surface area contributed by atoms with Gasteiger partial charge in [0.1, 0.15) is 6.33 Å². The summed E-state index contributed by atoms with van der Waals surface area (Å²) in [4.78, 5) is 19.9. The SMILES string of the molecule is NCC#Cc1cccc(C(=O)NCc2ccncn2)c1. The van der Waals surface area contributed by atoms with Crippen LogP contribution in [0.1, 0.15) is 21.6 Å². The molecule has 0 aliphatic carbocycles. The predicted molar refractivity (Wildman–Crippen MR) is 75.6 cm³/mol. The van der Waals surface area contributed by atoms with E-state index in [4.69, 9.17) is 5.73 Å². The van der Waals surface area contributed by atoms with Crippen molar-refractivity contribution in [3.63, 3.8) is 0 Å². The molecule has 3 N–H and O–H groups in total. The maximum Gasteiger partial charge on any atom is 0.251 e. The van der Waals surface area contributed by atoms with Gasteiger partial charge < -0.3 is 11.1 Å². The summed E-state index contributed by atoms with van der Waals surface area (Å²) in [7, 11) is 0. The van der Waals surface area contributed by atoms with Gasteiger partial charge in [-0.25, -0.2) is 9.97 Å². The Morgan fingerprint density at radius 2 is 2.25 bits per heavy atom. The number of nitrogens with zero attached hydrogens (tertiary/aromatic N) is 2. The van der Waals surface area contributed by atoms with Crippen LogP contribution < -0.4 is 11.1 Å². The van der Waals surface area contributed by atoms with Gasteiger partial charge in [-0.05, 0) is 24.3 Å². The Bertz CT molecular complexity index is 644. The van der Waals surface area contributed by atoms with E-state index in [9.17, 15) is 4.79 Å². The molecule has 5 heteroatoms. The quantitative estimate of drug-likeness (QED) is 0.802. The molecule has 100 valence electrons. The van der Waals surface area contributed by atoms with E-state index in [0.29, 0.717) is 18.7 Å². The van der Waals surface area contributed by atoms with E-state index in [1.807, 2.05) is 6.07 Å². The molecule has 0 atom stereocenters. The second-order valence-electron chi connectivity index (χ2n) is 3.97. The van der Waals surface area contributed by atoms with Gasteiger partial charge >= 0.3 is 0 Å². The largest absolute Gasteiger partial charge is 0.346 e. The number of benzene rings is 1. The van der Waals surface area contributed by atoms with Crippen LogP contribution in [-0.4, -0.2) is 22.4 Å². The van der Waals surface area contributed by atoms with Crippen molar-refractivity contribution in [1.82, 2.24) is 15.3 Å². The number of carbonyl (C=O) groups excluding carboxylic acids is 1. The van der Waals surface area contributed by atoms with E-state index in [1.165, 1.54) is 6.33 Å². The highest BCUT2D eigenvalue weighted by atomic mass is 16.1. The van der Waals surface area contributed by atoms with E-state index < -0.39 is 0 Å². The van der Waals surface area contributed by atoms with Gasteiger partial charge in [-0.3, -0.25) is 4.79 Å². The van der Waals surface area contributed by atoms with Crippen LogP contribution in [0, 0.1) is 11.8 Å². The fourth-order valence-electron chi connectivity index (χ4n) is 1.59. The van der Waals surface area contributed by atoms with Crippen molar-refractivity contribution in [2.24, 2.45) is 5.73 Å². The fraction of sp³-hybridized carbons (Fsp3) is 0.133. The van der Waals surface area contributed by atoms with Crippen molar-refractivity contribution in [3.8, 4) is 11.8 Å². The molecule has 1 heterocycles. The molecule has 0 spiro atoms. The molecule has 0 aliphatic rings. The number of hydrogen-bond acceptors (Lipinski definition) is 4. The van der Waals surface area contributed by atoms with Crippen LogP contribution in [0.5, 0.6) is 0 Å². The highest BCUT2D eigenvalue weighted by Gasteiger charge is 2.05. The summed E-state index contributed by atoms with van der Waals surface area (Å²) in [5, 5.41) is 2.80. The summed E-state index contributed by atoms with van der Waals surface area (Å²) in [6.07, 6.45) is 3.09. The number of amides is 1. The number of carbonyl (C=O) groups is 1. The van der Waals surface area contributed by atoms with Crippen LogP contribution in [0.2, 0.25) is 0 Å². The Morgan fingerprint density at radius 1 is 1.35 bits per heavy atom. The number of nitrogens with two attached hydrogens (primary N) is 1. The van der Waals surface area contributed by atoms with Crippen molar-refractivity contribution in [3.05, 3.63) is 59.7 Å². The molecule has 0 unspecified atom stereocenters. The average Bonchev–Trinajstić information content (AvgIpc) is 2.52. The monoisotopic (exact) mass is 266 g/mol. The number of hydrogen-bond donors (Lipinski definition) is 2. The van der Waals surface area contributed by atoms with Gasteiger partial charge in [0.25, 0.3) is 5.91 Å². The van der Waals surface area contributed by atoms with Crippen molar-refractivity contribution < 1.29 is 4.79 Å². The van der Waals surface area contributed by atoms with Gasteiger partial charge in [0.05, 0.1) is 18.8 Å². The standard InChI is InChI=1S/C15H14N4O/c16-7-2-4-12-3-1-5-13(9-12)15(20)18-10-14-6-8-17-11-19-14/h1,3,5-6,8-9,11H,7,10,16H2,(H,18,20). The summed E-state index contributed by atoms with van der Waals surface area (Å²) in [6, 6.07) is 8.86. The molecule has 1 aromatic carbocycles. The molecule has 0 radical (unpaired) electrons. The molecule has 20 heavy (non-hydrogen) atoms. The Labute approximate surface area is 117 Å². The van der Waals surface area contributed by atoms with Gasteiger partial charge in [-0.1, -0.05) is 17.9 Å². The molecule has 2 rings (SSSR count). The van der Waals surface area contributed by atoms with Crippen molar-refractivity contribution >= 4 is 5.91 Å². The van der Waals surface area contributed by atoms with E-state index >= 15 is 0 Å². The number of nitrogens with one attached hydrogen (secondary N) is 1. The lowest BCUT2D eigenvalue weighted by Gasteiger charge is -2.04. The van der Waals surface area contributed by atoms with Gasteiger partial charge in [0.15, 0.2) is 0 Å². The molecule has 0 saturated carbocycles. The third kappa shape index (κ3) is 3.90. The summed E-state index contributed by atoms with van der Waals surface area (Å²) in [5.74, 6) is 5.49. The Hall–Kier alpha value is -2.71. The molecule has 1 amide bonds.